The highest BCUT2D eigenvalue weighted by Crippen LogP contribution is 2.20. The monoisotopic (exact) mass is 271 g/mol. The molecule has 0 fully saturated rings. The fraction of sp³-hybridized carbons (Fsp3) is 0.294. The zero-order chi connectivity index (χ0) is 14.5. The number of hydrogen-bond acceptors (Lipinski definition) is 3. The highest BCUT2D eigenvalue weighted by atomic mass is 16.5. The molecule has 0 heterocycles. The molecule has 0 aliphatic heterocycles. The maximum absolute atomic E-state index is 10.2. The van der Waals surface area contributed by atoms with Crippen LogP contribution in [-0.4, -0.2) is 18.8 Å². The molecule has 0 aliphatic carbocycles. The molecule has 2 N–H and O–H groups in total. The van der Waals surface area contributed by atoms with Crippen molar-refractivity contribution in [3.05, 3.63) is 59.2 Å². The fourth-order valence-corrected chi connectivity index (χ4v) is 2.03. The van der Waals surface area contributed by atoms with Crippen molar-refractivity contribution in [2.75, 3.05) is 19.0 Å². The van der Waals surface area contributed by atoms with Gasteiger partial charge in [0.1, 0.15) is 5.75 Å². The zero-order valence-corrected chi connectivity index (χ0v) is 12.2. The Hall–Kier alpha value is -2.00. The molecule has 0 radical (unpaired) electrons. The standard InChI is InChI=1S/C17H21NO2/c1-12-7-8-15(9-13(12)2)18-11-17(19)14-5-4-6-16(10-14)20-3/h4-10,17-19H,11H2,1-3H3. The van der Waals surface area contributed by atoms with Crippen LogP contribution in [-0.2, 0) is 0 Å². The largest absolute Gasteiger partial charge is 0.497 e. The van der Waals surface area contributed by atoms with Crippen molar-refractivity contribution in [2.24, 2.45) is 0 Å². The van der Waals surface area contributed by atoms with Crippen molar-refractivity contribution in [1.82, 2.24) is 0 Å². The van der Waals surface area contributed by atoms with Gasteiger partial charge in [-0.15, -0.1) is 0 Å². The third-order valence-corrected chi connectivity index (χ3v) is 3.49. The van der Waals surface area contributed by atoms with Gasteiger partial charge in [0.25, 0.3) is 0 Å². The van der Waals surface area contributed by atoms with Gasteiger partial charge in [0.05, 0.1) is 13.2 Å². The molecule has 1 unspecified atom stereocenters. The number of hydrogen-bond donors (Lipinski definition) is 2. The number of anilines is 1. The van der Waals surface area contributed by atoms with E-state index in [2.05, 4.69) is 31.3 Å². The third-order valence-electron chi connectivity index (χ3n) is 3.49. The summed E-state index contributed by atoms with van der Waals surface area (Å²) in [5, 5.41) is 13.5. The molecule has 0 saturated carbocycles. The van der Waals surface area contributed by atoms with Crippen molar-refractivity contribution in [3.8, 4) is 5.75 Å². The molecule has 0 aromatic heterocycles. The fourth-order valence-electron chi connectivity index (χ4n) is 2.03. The molecule has 20 heavy (non-hydrogen) atoms. The Morgan fingerprint density at radius 1 is 1.10 bits per heavy atom. The Morgan fingerprint density at radius 3 is 2.60 bits per heavy atom. The highest BCUT2D eigenvalue weighted by molar-refractivity contribution is 5.48. The van der Waals surface area contributed by atoms with E-state index in [1.165, 1.54) is 11.1 Å². The first kappa shape index (κ1) is 14.4. The second kappa shape index (κ2) is 6.44. The molecule has 1 atom stereocenters. The van der Waals surface area contributed by atoms with Crippen LogP contribution in [0.4, 0.5) is 5.69 Å². The van der Waals surface area contributed by atoms with Crippen LogP contribution in [0.3, 0.4) is 0 Å². The van der Waals surface area contributed by atoms with E-state index in [0.29, 0.717) is 6.54 Å². The predicted octanol–water partition coefficient (Wildman–Crippen LogP) is 3.46. The molecule has 0 saturated heterocycles. The summed E-state index contributed by atoms with van der Waals surface area (Å²) in [6.45, 7) is 4.64. The molecular weight excluding hydrogens is 250 g/mol. The van der Waals surface area contributed by atoms with Crippen molar-refractivity contribution in [1.29, 1.82) is 0 Å². The van der Waals surface area contributed by atoms with Crippen molar-refractivity contribution in [2.45, 2.75) is 20.0 Å². The minimum absolute atomic E-state index is 0.468. The van der Waals surface area contributed by atoms with Crippen LogP contribution >= 0.6 is 0 Å². The van der Waals surface area contributed by atoms with E-state index in [1.807, 2.05) is 30.3 Å². The first-order valence-corrected chi connectivity index (χ1v) is 6.73. The summed E-state index contributed by atoms with van der Waals surface area (Å²) in [4.78, 5) is 0. The Bertz CT molecular complexity index is 581. The Labute approximate surface area is 120 Å². The second-order valence-electron chi connectivity index (χ2n) is 4.97. The van der Waals surface area contributed by atoms with Crippen LogP contribution in [0, 0.1) is 13.8 Å². The maximum atomic E-state index is 10.2. The van der Waals surface area contributed by atoms with Crippen molar-refractivity contribution < 1.29 is 9.84 Å². The predicted molar refractivity (Wildman–Crippen MR) is 82.4 cm³/mol. The lowest BCUT2D eigenvalue weighted by Gasteiger charge is -2.14. The summed E-state index contributed by atoms with van der Waals surface area (Å²) >= 11 is 0. The van der Waals surface area contributed by atoms with E-state index in [4.69, 9.17) is 4.74 Å². The summed E-state index contributed by atoms with van der Waals surface area (Å²) in [5.74, 6) is 0.757. The number of nitrogens with one attached hydrogen (secondary N) is 1. The summed E-state index contributed by atoms with van der Waals surface area (Å²) in [7, 11) is 1.62. The van der Waals surface area contributed by atoms with E-state index in [0.717, 1.165) is 17.0 Å². The third kappa shape index (κ3) is 3.52. The van der Waals surface area contributed by atoms with E-state index in [9.17, 15) is 5.11 Å². The van der Waals surface area contributed by atoms with Crippen LogP contribution < -0.4 is 10.1 Å². The molecule has 0 aliphatic rings. The summed E-state index contributed by atoms with van der Waals surface area (Å²) in [5.41, 5.74) is 4.38. The molecule has 0 amide bonds. The van der Waals surface area contributed by atoms with E-state index >= 15 is 0 Å². The lowest BCUT2D eigenvalue weighted by atomic mass is 10.1. The SMILES string of the molecule is COc1cccc(C(O)CNc2ccc(C)c(C)c2)c1. The quantitative estimate of drug-likeness (QED) is 0.875. The van der Waals surface area contributed by atoms with Crippen molar-refractivity contribution >= 4 is 5.69 Å². The van der Waals surface area contributed by atoms with Gasteiger partial charge in [-0.3, -0.25) is 0 Å². The van der Waals surface area contributed by atoms with Gasteiger partial charge in [-0.05, 0) is 54.8 Å². The topological polar surface area (TPSA) is 41.5 Å². The average Bonchev–Trinajstić information content (AvgIpc) is 2.48. The van der Waals surface area contributed by atoms with Gasteiger partial charge < -0.3 is 15.2 Å². The van der Waals surface area contributed by atoms with Gasteiger partial charge in [-0.25, -0.2) is 0 Å². The van der Waals surface area contributed by atoms with Crippen LogP contribution in [0.5, 0.6) is 5.75 Å². The number of aryl methyl sites for hydroxylation is 2. The van der Waals surface area contributed by atoms with Crippen LogP contribution in [0.2, 0.25) is 0 Å². The minimum atomic E-state index is -0.563. The van der Waals surface area contributed by atoms with Crippen molar-refractivity contribution in [3.63, 3.8) is 0 Å². The maximum Gasteiger partial charge on any atom is 0.119 e. The van der Waals surface area contributed by atoms with Gasteiger partial charge in [-0.1, -0.05) is 18.2 Å². The minimum Gasteiger partial charge on any atom is -0.497 e. The van der Waals surface area contributed by atoms with Gasteiger partial charge in [0, 0.05) is 12.2 Å². The number of methoxy groups -OCH3 is 1. The molecular formula is C17H21NO2. The molecule has 3 heteroatoms. The number of aliphatic hydroxyl groups is 1. The van der Waals surface area contributed by atoms with E-state index < -0.39 is 6.10 Å². The normalized spacial score (nSPS) is 12.0. The Balaban J connectivity index is 2.00. The first-order chi connectivity index (χ1) is 9.60. The number of rotatable bonds is 5. The molecule has 0 bridgehead atoms. The summed E-state index contributed by atoms with van der Waals surface area (Å²) in [6, 6.07) is 13.7. The number of aliphatic hydroxyl groups excluding tert-OH is 1. The van der Waals surface area contributed by atoms with Gasteiger partial charge in [0.2, 0.25) is 0 Å². The second-order valence-corrected chi connectivity index (χ2v) is 4.97. The first-order valence-electron chi connectivity index (χ1n) is 6.73. The zero-order valence-electron chi connectivity index (χ0n) is 12.2. The molecule has 3 nitrogen and oxygen atoms in total. The lowest BCUT2D eigenvalue weighted by Crippen LogP contribution is -2.12. The lowest BCUT2D eigenvalue weighted by molar-refractivity contribution is 0.191. The molecule has 2 aromatic carbocycles. The summed E-state index contributed by atoms with van der Waals surface area (Å²) in [6.07, 6.45) is -0.563. The number of benzene rings is 2. The Kier molecular flexibility index (Phi) is 4.64. The highest BCUT2D eigenvalue weighted by Gasteiger charge is 2.08. The van der Waals surface area contributed by atoms with Crippen LogP contribution in [0.25, 0.3) is 0 Å². The van der Waals surface area contributed by atoms with Crippen LogP contribution in [0.1, 0.15) is 22.8 Å². The van der Waals surface area contributed by atoms with Gasteiger partial charge in [0.15, 0.2) is 0 Å². The van der Waals surface area contributed by atoms with Gasteiger partial charge in [-0.2, -0.15) is 0 Å². The number of ether oxygens (including phenoxy) is 1. The summed E-state index contributed by atoms with van der Waals surface area (Å²) < 4.78 is 5.17. The molecule has 2 rings (SSSR count). The molecule has 0 spiro atoms. The van der Waals surface area contributed by atoms with Gasteiger partial charge >= 0.3 is 0 Å². The molecule has 2 aromatic rings. The Morgan fingerprint density at radius 2 is 1.90 bits per heavy atom. The molecule has 106 valence electrons. The average molecular weight is 271 g/mol. The smallest absolute Gasteiger partial charge is 0.119 e. The van der Waals surface area contributed by atoms with E-state index in [-0.39, 0.29) is 0 Å². The van der Waals surface area contributed by atoms with E-state index in [1.54, 1.807) is 7.11 Å². The van der Waals surface area contributed by atoms with Crippen LogP contribution in [0.15, 0.2) is 42.5 Å².